The zero-order chi connectivity index (χ0) is 12.9. The predicted molar refractivity (Wildman–Crippen MR) is 65.7 cm³/mol. The predicted octanol–water partition coefficient (Wildman–Crippen LogP) is 2.46. The minimum atomic E-state index is -0.440. The number of rotatable bonds is 2. The summed E-state index contributed by atoms with van der Waals surface area (Å²) >= 11 is 4.45. The molecule has 0 saturated heterocycles. The molecule has 0 radical (unpaired) electrons. The van der Waals surface area contributed by atoms with Gasteiger partial charge in [-0.1, -0.05) is 0 Å². The van der Waals surface area contributed by atoms with Gasteiger partial charge in [0.05, 0.1) is 0 Å². The Labute approximate surface area is 110 Å². The molecule has 0 N–H and O–H groups in total. The molecule has 0 unspecified atom stereocenters. The number of allylic oxidation sites excluding steroid dienone is 1. The molecule has 0 aliphatic carbocycles. The summed E-state index contributed by atoms with van der Waals surface area (Å²) in [4.78, 5) is 15.2. The zero-order valence-corrected chi connectivity index (χ0v) is 11.5. The summed E-state index contributed by atoms with van der Waals surface area (Å²) in [7, 11) is 0. The first-order valence-electron chi connectivity index (χ1n) is 5.66. The third-order valence-electron chi connectivity index (χ3n) is 2.20. The topological polar surface area (TPSA) is 29.5 Å². The Morgan fingerprint density at radius 3 is 2.82 bits per heavy atom. The second-order valence-corrected chi connectivity index (χ2v) is 5.26. The number of carbonyl (C=O) groups excluding carboxylic acids is 1. The van der Waals surface area contributed by atoms with Crippen molar-refractivity contribution >= 4 is 11.1 Å². The molecular formula is C13H19NNiO2. The Kier molecular flexibility index (Phi) is 5.13. The van der Waals surface area contributed by atoms with E-state index >= 15 is 0 Å². The van der Waals surface area contributed by atoms with Crippen LogP contribution in [0.25, 0.3) is 0 Å². The van der Waals surface area contributed by atoms with Crippen LogP contribution in [0.1, 0.15) is 27.2 Å². The number of nitrogens with zero attached hydrogens (tertiary/aromatic N) is 1. The van der Waals surface area contributed by atoms with E-state index in [1.807, 2.05) is 32.9 Å². The average molecular weight is 280 g/mol. The summed E-state index contributed by atoms with van der Waals surface area (Å²) < 4.78 is 5.34. The maximum absolute atomic E-state index is 11.9. The van der Waals surface area contributed by atoms with Crippen LogP contribution in [-0.2, 0) is 19.8 Å². The van der Waals surface area contributed by atoms with Gasteiger partial charge in [-0.15, -0.1) is 0 Å². The van der Waals surface area contributed by atoms with E-state index in [0.29, 0.717) is 13.1 Å². The minimum absolute atomic E-state index is 0.248. The first-order chi connectivity index (χ1) is 7.92. The van der Waals surface area contributed by atoms with Gasteiger partial charge in [0.1, 0.15) is 0 Å². The molecule has 98 valence electrons. The van der Waals surface area contributed by atoms with Gasteiger partial charge in [0.2, 0.25) is 0 Å². The second kappa shape index (κ2) is 6.16. The monoisotopic (exact) mass is 279 g/mol. The number of ether oxygens (including phenoxy) is 1. The van der Waals surface area contributed by atoms with Gasteiger partial charge in [-0.2, -0.15) is 0 Å². The van der Waals surface area contributed by atoms with E-state index in [2.05, 4.69) is 21.1 Å². The van der Waals surface area contributed by atoms with Crippen molar-refractivity contribution in [2.75, 3.05) is 13.1 Å². The SMILES string of the molecule is CC(C)(C)OC(=O)N1CCC=C(/C=C\[CH]=[Ni])C1. The molecule has 17 heavy (non-hydrogen) atoms. The van der Waals surface area contributed by atoms with E-state index in [1.54, 1.807) is 9.89 Å². The average Bonchev–Trinajstić information content (AvgIpc) is 2.24. The third kappa shape index (κ3) is 5.31. The Morgan fingerprint density at radius 2 is 2.24 bits per heavy atom. The maximum atomic E-state index is 11.9. The van der Waals surface area contributed by atoms with Crippen LogP contribution < -0.4 is 0 Å². The Balaban J connectivity index is 2.58. The van der Waals surface area contributed by atoms with Crippen LogP contribution in [0.2, 0.25) is 0 Å². The quantitative estimate of drug-likeness (QED) is 0.727. The molecule has 0 saturated carbocycles. The van der Waals surface area contributed by atoms with Crippen molar-refractivity contribution in [1.29, 1.82) is 0 Å². The number of amides is 1. The van der Waals surface area contributed by atoms with Crippen LogP contribution in [0.4, 0.5) is 4.79 Å². The summed E-state index contributed by atoms with van der Waals surface area (Å²) in [6.07, 6.45) is 6.51. The Morgan fingerprint density at radius 1 is 1.53 bits per heavy atom. The third-order valence-corrected chi connectivity index (χ3v) is 2.39. The second-order valence-electron chi connectivity index (χ2n) is 4.93. The van der Waals surface area contributed by atoms with Crippen molar-refractivity contribution in [3.63, 3.8) is 0 Å². The molecule has 1 aliphatic rings. The van der Waals surface area contributed by atoms with Crippen molar-refractivity contribution in [2.24, 2.45) is 0 Å². The number of hydrogen-bond donors (Lipinski definition) is 0. The van der Waals surface area contributed by atoms with Gasteiger partial charge >= 0.3 is 110 Å². The normalized spacial score (nSPS) is 17.0. The Hall–Kier alpha value is -0.886. The molecule has 1 amide bonds. The number of hydrogen-bond acceptors (Lipinski definition) is 2. The van der Waals surface area contributed by atoms with E-state index in [9.17, 15) is 4.79 Å². The fraction of sp³-hybridized carbons (Fsp3) is 0.538. The molecule has 0 atom stereocenters. The summed E-state index contributed by atoms with van der Waals surface area (Å²) in [6, 6.07) is 0. The molecule has 3 nitrogen and oxygen atoms in total. The first kappa shape index (κ1) is 14.2. The summed E-state index contributed by atoms with van der Waals surface area (Å²) in [5.41, 5.74) is 0.667. The molecule has 0 aromatic rings. The van der Waals surface area contributed by atoms with E-state index in [-0.39, 0.29) is 6.09 Å². The molecule has 0 spiro atoms. The van der Waals surface area contributed by atoms with Gasteiger partial charge in [-0.3, -0.25) is 0 Å². The van der Waals surface area contributed by atoms with Crippen molar-refractivity contribution < 1.29 is 24.6 Å². The molecule has 0 bridgehead atoms. The van der Waals surface area contributed by atoms with Crippen LogP contribution in [0, 0.1) is 0 Å². The van der Waals surface area contributed by atoms with Gasteiger partial charge in [-0.25, -0.2) is 0 Å². The van der Waals surface area contributed by atoms with Crippen molar-refractivity contribution in [3.8, 4) is 0 Å². The van der Waals surface area contributed by atoms with Crippen LogP contribution in [-0.4, -0.2) is 34.7 Å². The first-order valence-corrected chi connectivity index (χ1v) is 6.23. The van der Waals surface area contributed by atoms with Crippen LogP contribution in [0.15, 0.2) is 23.8 Å². The summed E-state index contributed by atoms with van der Waals surface area (Å²) in [5, 5.41) is 0. The fourth-order valence-corrected chi connectivity index (χ4v) is 1.62. The molecule has 1 heterocycles. The van der Waals surface area contributed by atoms with E-state index < -0.39 is 5.60 Å². The van der Waals surface area contributed by atoms with Crippen LogP contribution in [0.3, 0.4) is 0 Å². The summed E-state index contributed by atoms with van der Waals surface area (Å²) in [6.45, 7) is 6.93. The molecule has 1 aliphatic heterocycles. The fourth-order valence-electron chi connectivity index (χ4n) is 1.53. The molecule has 4 heteroatoms. The van der Waals surface area contributed by atoms with Gasteiger partial charge in [0, 0.05) is 0 Å². The van der Waals surface area contributed by atoms with Crippen molar-refractivity contribution in [3.05, 3.63) is 23.8 Å². The van der Waals surface area contributed by atoms with Crippen LogP contribution >= 0.6 is 0 Å². The molecule has 0 aromatic heterocycles. The van der Waals surface area contributed by atoms with Gasteiger partial charge in [0.15, 0.2) is 0 Å². The summed E-state index contributed by atoms with van der Waals surface area (Å²) in [5.74, 6) is 0. The standard InChI is InChI=1S/C13H19NO2.Ni/c1-5-7-11-8-6-9-14(10-11)12(15)16-13(2,3)4;/h1,5,7-8H,6,9-10H2,2-4H3;/b7-5-;. The van der Waals surface area contributed by atoms with E-state index in [4.69, 9.17) is 4.74 Å². The molecule has 0 fully saturated rings. The Bertz CT molecular complexity index is 353. The van der Waals surface area contributed by atoms with Crippen LogP contribution in [0.5, 0.6) is 0 Å². The zero-order valence-electron chi connectivity index (χ0n) is 10.5. The van der Waals surface area contributed by atoms with Crippen molar-refractivity contribution in [1.82, 2.24) is 4.90 Å². The molecule has 0 aromatic carbocycles. The van der Waals surface area contributed by atoms with E-state index in [1.165, 1.54) is 0 Å². The molecular weight excluding hydrogens is 261 g/mol. The number of carbonyl (C=O) groups is 1. The van der Waals surface area contributed by atoms with Crippen molar-refractivity contribution in [2.45, 2.75) is 32.8 Å². The van der Waals surface area contributed by atoms with Gasteiger partial charge in [-0.05, 0) is 0 Å². The van der Waals surface area contributed by atoms with E-state index in [0.717, 1.165) is 12.0 Å². The molecule has 1 rings (SSSR count). The van der Waals surface area contributed by atoms with Gasteiger partial charge < -0.3 is 0 Å². The van der Waals surface area contributed by atoms with Gasteiger partial charge in [0.25, 0.3) is 0 Å².